The zero-order valence-electron chi connectivity index (χ0n) is 13.4. The van der Waals surface area contributed by atoms with Gasteiger partial charge in [-0.25, -0.2) is 9.97 Å². The van der Waals surface area contributed by atoms with E-state index in [0.29, 0.717) is 12.0 Å². The summed E-state index contributed by atoms with van der Waals surface area (Å²) in [5.41, 5.74) is 1.09. The molecule has 1 aliphatic heterocycles. The maximum Gasteiger partial charge on any atom is 0.219 e. The summed E-state index contributed by atoms with van der Waals surface area (Å²) in [7, 11) is 0. The van der Waals surface area contributed by atoms with E-state index in [4.69, 9.17) is 0 Å². The number of nitrogens with zero attached hydrogens (tertiary/aromatic N) is 3. The predicted octanol–water partition coefficient (Wildman–Crippen LogP) is 2.63. The van der Waals surface area contributed by atoms with Gasteiger partial charge in [0, 0.05) is 37.8 Å². The third-order valence-electron chi connectivity index (χ3n) is 4.89. The lowest BCUT2D eigenvalue weighted by Gasteiger charge is -2.32. The van der Waals surface area contributed by atoms with E-state index in [1.54, 1.807) is 13.3 Å². The van der Waals surface area contributed by atoms with Gasteiger partial charge < -0.3 is 10.2 Å². The Balaban J connectivity index is 1.58. The van der Waals surface area contributed by atoms with Crippen LogP contribution in [0.3, 0.4) is 0 Å². The molecule has 1 saturated heterocycles. The fourth-order valence-corrected chi connectivity index (χ4v) is 3.68. The summed E-state index contributed by atoms with van der Waals surface area (Å²) >= 11 is 0. The normalized spacial score (nSPS) is 22.8. The Morgan fingerprint density at radius 1 is 1.27 bits per heavy atom. The first-order chi connectivity index (χ1) is 10.7. The van der Waals surface area contributed by atoms with Gasteiger partial charge in [-0.05, 0) is 38.0 Å². The van der Waals surface area contributed by atoms with Crippen LogP contribution in [0, 0.1) is 5.92 Å². The molecule has 5 heteroatoms. The van der Waals surface area contributed by atoms with Crippen LogP contribution in [-0.4, -0.2) is 39.9 Å². The van der Waals surface area contributed by atoms with Crippen molar-refractivity contribution in [2.75, 3.05) is 18.4 Å². The molecule has 120 valence electrons. The van der Waals surface area contributed by atoms with Crippen molar-refractivity contribution in [2.24, 2.45) is 5.92 Å². The molecule has 0 bridgehead atoms. The lowest BCUT2D eigenvalue weighted by atomic mass is 9.93. The smallest absolute Gasteiger partial charge is 0.219 e. The molecular weight excluding hydrogens is 276 g/mol. The molecule has 5 nitrogen and oxygen atoms in total. The van der Waals surface area contributed by atoms with Gasteiger partial charge >= 0.3 is 0 Å². The summed E-state index contributed by atoms with van der Waals surface area (Å²) in [6.07, 6.45) is 10.0. The van der Waals surface area contributed by atoms with Gasteiger partial charge in [0.1, 0.15) is 12.1 Å². The molecule has 0 aromatic carbocycles. The number of carbonyl (C=O) groups is 1. The Labute approximate surface area is 132 Å². The third-order valence-corrected chi connectivity index (χ3v) is 4.89. The number of piperidine rings is 1. The number of nitrogens with one attached hydrogen (secondary N) is 1. The second-order valence-corrected chi connectivity index (χ2v) is 6.70. The second kappa shape index (κ2) is 7.07. The molecule has 1 aromatic rings. The predicted molar refractivity (Wildman–Crippen MR) is 86.6 cm³/mol. The monoisotopic (exact) mass is 302 g/mol. The SMILES string of the molecule is CC(=O)N1CCC[C@H](Cc2cc(NC3CCCC3)ncn2)C1. The van der Waals surface area contributed by atoms with Crippen LogP contribution in [0.25, 0.3) is 0 Å². The van der Waals surface area contributed by atoms with Crippen molar-refractivity contribution in [1.29, 1.82) is 0 Å². The Kier molecular flexibility index (Phi) is 4.90. The summed E-state index contributed by atoms with van der Waals surface area (Å²) in [5.74, 6) is 1.67. The number of anilines is 1. The van der Waals surface area contributed by atoms with Gasteiger partial charge in [-0.1, -0.05) is 12.8 Å². The minimum absolute atomic E-state index is 0.191. The molecule has 2 aliphatic rings. The van der Waals surface area contributed by atoms with Crippen LogP contribution < -0.4 is 5.32 Å². The molecule has 1 atom stereocenters. The van der Waals surface area contributed by atoms with Gasteiger partial charge in [0.2, 0.25) is 5.91 Å². The molecule has 1 aliphatic carbocycles. The Morgan fingerprint density at radius 3 is 2.86 bits per heavy atom. The average Bonchev–Trinajstić information content (AvgIpc) is 3.01. The van der Waals surface area contributed by atoms with Crippen molar-refractivity contribution >= 4 is 11.7 Å². The lowest BCUT2D eigenvalue weighted by molar-refractivity contribution is -0.130. The Morgan fingerprint density at radius 2 is 2.09 bits per heavy atom. The largest absolute Gasteiger partial charge is 0.367 e. The summed E-state index contributed by atoms with van der Waals surface area (Å²) in [6.45, 7) is 3.44. The zero-order valence-corrected chi connectivity index (χ0v) is 13.4. The Hall–Kier alpha value is -1.65. The summed E-state index contributed by atoms with van der Waals surface area (Å²) in [6, 6.07) is 2.66. The van der Waals surface area contributed by atoms with Gasteiger partial charge in [0.25, 0.3) is 0 Å². The maximum atomic E-state index is 11.5. The van der Waals surface area contributed by atoms with Crippen LogP contribution in [0.2, 0.25) is 0 Å². The van der Waals surface area contributed by atoms with Gasteiger partial charge in [0.05, 0.1) is 0 Å². The molecule has 2 fully saturated rings. The molecule has 1 amide bonds. The van der Waals surface area contributed by atoms with Crippen LogP contribution in [-0.2, 0) is 11.2 Å². The highest BCUT2D eigenvalue weighted by Crippen LogP contribution is 2.23. The molecule has 0 radical (unpaired) electrons. The van der Waals surface area contributed by atoms with Crippen LogP contribution in [0.4, 0.5) is 5.82 Å². The fourth-order valence-electron chi connectivity index (χ4n) is 3.68. The van der Waals surface area contributed by atoms with Crippen molar-refractivity contribution in [3.63, 3.8) is 0 Å². The zero-order chi connectivity index (χ0) is 15.4. The van der Waals surface area contributed by atoms with E-state index in [2.05, 4.69) is 21.4 Å². The van der Waals surface area contributed by atoms with E-state index in [-0.39, 0.29) is 5.91 Å². The van der Waals surface area contributed by atoms with Crippen LogP contribution in [0.15, 0.2) is 12.4 Å². The molecular formula is C17H26N4O. The summed E-state index contributed by atoms with van der Waals surface area (Å²) < 4.78 is 0. The number of aromatic nitrogens is 2. The van der Waals surface area contributed by atoms with E-state index >= 15 is 0 Å². The summed E-state index contributed by atoms with van der Waals surface area (Å²) in [5, 5.41) is 3.53. The first-order valence-corrected chi connectivity index (χ1v) is 8.53. The molecule has 1 saturated carbocycles. The quantitative estimate of drug-likeness (QED) is 0.929. The van der Waals surface area contributed by atoms with E-state index in [0.717, 1.165) is 37.4 Å². The van der Waals surface area contributed by atoms with E-state index < -0.39 is 0 Å². The minimum Gasteiger partial charge on any atom is -0.367 e. The molecule has 1 aromatic heterocycles. The topological polar surface area (TPSA) is 58.1 Å². The molecule has 1 N–H and O–H groups in total. The molecule has 0 unspecified atom stereocenters. The van der Waals surface area contributed by atoms with E-state index in [1.165, 1.54) is 32.1 Å². The molecule has 3 rings (SSSR count). The minimum atomic E-state index is 0.191. The molecule has 2 heterocycles. The highest BCUT2D eigenvalue weighted by atomic mass is 16.2. The third kappa shape index (κ3) is 3.96. The van der Waals surface area contributed by atoms with Crippen molar-refractivity contribution in [1.82, 2.24) is 14.9 Å². The van der Waals surface area contributed by atoms with Gasteiger partial charge in [-0.2, -0.15) is 0 Å². The van der Waals surface area contributed by atoms with E-state index in [9.17, 15) is 4.79 Å². The number of rotatable bonds is 4. The van der Waals surface area contributed by atoms with Crippen molar-refractivity contribution in [3.05, 3.63) is 18.1 Å². The molecule has 22 heavy (non-hydrogen) atoms. The van der Waals surface area contributed by atoms with Crippen LogP contribution >= 0.6 is 0 Å². The van der Waals surface area contributed by atoms with Crippen molar-refractivity contribution in [2.45, 2.75) is 57.9 Å². The van der Waals surface area contributed by atoms with Crippen LogP contribution in [0.1, 0.15) is 51.1 Å². The Bertz CT molecular complexity index is 513. The van der Waals surface area contributed by atoms with Crippen molar-refractivity contribution in [3.8, 4) is 0 Å². The average molecular weight is 302 g/mol. The number of hydrogen-bond acceptors (Lipinski definition) is 4. The van der Waals surface area contributed by atoms with Crippen molar-refractivity contribution < 1.29 is 4.79 Å². The highest BCUT2D eigenvalue weighted by Gasteiger charge is 2.22. The fraction of sp³-hybridized carbons (Fsp3) is 0.706. The number of carbonyl (C=O) groups excluding carboxylic acids is 1. The first kappa shape index (κ1) is 15.3. The van der Waals surface area contributed by atoms with Crippen LogP contribution in [0.5, 0.6) is 0 Å². The summed E-state index contributed by atoms with van der Waals surface area (Å²) in [4.78, 5) is 22.3. The second-order valence-electron chi connectivity index (χ2n) is 6.70. The van der Waals surface area contributed by atoms with E-state index in [1.807, 2.05) is 4.90 Å². The maximum absolute atomic E-state index is 11.5. The number of likely N-dealkylation sites (tertiary alicyclic amines) is 1. The highest BCUT2D eigenvalue weighted by molar-refractivity contribution is 5.73. The first-order valence-electron chi connectivity index (χ1n) is 8.53. The standard InChI is InChI=1S/C17H26N4O/c1-13(22)21-8-4-5-14(11-21)9-16-10-17(19-12-18-16)20-15-6-2-3-7-15/h10,12,14-15H,2-9,11H2,1H3,(H,18,19,20)/t14-/m1/s1. The number of amides is 1. The molecule has 0 spiro atoms. The van der Waals surface area contributed by atoms with Gasteiger partial charge in [-0.3, -0.25) is 4.79 Å². The van der Waals surface area contributed by atoms with Gasteiger partial charge in [-0.15, -0.1) is 0 Å². The number of hydrogen-bond donors (Lipinski definition) is 1. The van der Waals surface area contributed by atoms with Gasteiger partial charge in [0.15, 0.2) is 0 Å². The lowest BCUT2D eigenvalue weighted by Crippen LogP contribution is -2.39.